The van der Waals surface area contributed by atoms with Gasteiger partial charge in [0.1, 0.15) is 10.6 Å². The van der Waals surface area contributed by atoms with Crippen LogP contribution in [0.2, 0.25) is 0 Å². The first-order chi connectivity index (χ1) is 10.1. The van der Waals surface area contributed by atoms with Gasteiger partial charge in [0, 0.05) is 6.04 Å². The van der Waals surface area contributed by atoms with Crippen molar-refractivity contribution in [2.24, 2.45) is 0 Å². The molecule has 22 heavy (non-hydrogen) atoms. The van der Waals surface area contributed by atoms with Gasteiger partial charge in [0.2, 0.25) is 10.0 Å². The highest BCUT2D eigenvalue weighted by molar-refractivity contribution is 7.89. The Balaban J connectivity index is 2.37. The van der Waals surface area contributed by atoms with Crippen LogP contribution in [0.5, 0.6) is 0 Å². The Hall–Kier alpha value is -1.66. The lowest BCUT2D eigenvalue weighted by Crippen LogP contribution is -2.28. The van der Waals surface area contributed by atoms with Gasteiger partial charge in [-0.2, -0.15) is 0 Å². The van der Waals surface area contributed by atoms with E-state index >= 15 is 0 Å². The third kappa shape index (κ3) is 3.08. The minimum Gasteiger partial charge on any atom is -0.360 e. The van der Waals surface area contributed by atoms with Crippen LogP contribution in [0.15, 0.2) is 21.6 Å². The van der Waals surface area contributed by atoms with E-state index in [0.717, 1.165) is 16.7 Å². The lowest BCUT2D eigenvalue weighted by molar-refractivity contribution is 0.390. The van der Waals surface area contributed by atoms with E-state index in [1.165, 1.54) is 5.56 Å². The molecule has 2 aromatic rings. The lowest BCUT2D eigenvalue weighted by atomic mass is 9.97. The first-order valence-electron chi connectivity index (χ1n) is 7.16. The van der Waals surface area contributed by atoms with Crippen LogP contribution in [0.1, 0.15) is 46.7 Å². The molecule has 1 N–H and O–H groups in total. The number of aromatic nitrogens is 1. The lowest BCUT2D eigenvalue weighted by Gasteiger charge is -2.18. The molecule has 6 heteroatoms. The van der Waals surface area contributed by atoms with E-state index in [1.807, 2.05) is 33.8 Å². The van der Waals surface area contributed by atoms with Crippen LogP contribution in [-0.2, 0) is 10.0 Å². The van der Waals surface area contributed by atoms with E-state index in [9.17, 15) is 8.42 Å². The highest BCUT2D eigenvalue weighted by atomic mass is 32.2. The van der Waals surface area contributed by atoms with Gasteiger partial charge in [-0.15, -0.1) is 0 Å². The van der Waals surface area contributed by atoms with Gasteiger partial charge in [-0.1, -0.05) is 17.3 Å². The molecule has 5 nitrogen and oxygen atoms in total. The van der Waals surface area contributed by atoms with E-state index in [0.29, 0.717) is 11.5 Å². The molecule has 0 amide bonds. The Morgan fingerprint density at radius 1 is 1.05 bits per heavy atom. The maximum atomic E-state index is 12.6. The number of aryl methyl sites for hydroxylation is 5. The predicted octanol–water partition coefficient (Wildman–Crippen LogP) is 3.26. The van der Waals surface area contributed by atoms with Crippen molar-refractivity contribution in [2.75, 3.05) is 0 Å². The van der Waals surface area contributed by atoms with E-state index < -0.39 is 10.0 Å². The number of nitrogens with zero attached hydrogens (tertiary/aromatic N) is 1. The molecule has 1 aromatic heterocycles. The SMILES string of the molecule is Cc1cc(C)c([C@H](C)NS(=O)(=O)c2c(C)noc2C)cc1C. The Labute approximate surface area is 131 Å². The summed E-state index contributed by atoms with van der Waals surface area (Å²) in [6, 6.07) is 3.77. The average Bonchev–Trinajstić information content (AvgIpc) is 2.73. The monoisotopic (exact) mass is 322 g/mol. The van der Waals surface area contributed by atoms with E-state index in [2.05, 4.69) is 15.9 Å². The Bertz CT molecular complexity index is 788. The molecule has 0 fully saturated rings. The minimum atomic E-state index is -3.67. The highest BCUT2D eigenvalue weighted by Crippen LogP contribution is 2.25. The number of benzene rings is 1. The summed E-state index contributed by atoms with van der Waals surface area (Å²) in [5.74, 6) is 0.300. The third-order valence-corrected chi connectivity index (χ3v) is 5.70. The van der Waals surface area contributed by atoms with E-state index in [4.69, 9.17) is 4.52 Å². The molecule has 2 rings (SSSR count). The quantitative estimate of drug-likeness (QED) is 0.938. The summed E-state index contributed by atoms with van der Waals surface area (Å²) in [5.41, 5.74) is 4.75. The fraction of sp³-hybridized carbons (Fsp3) is 0.438. The number of hydrogen-bond donors (Lipinski definition) is 1. The molecule has 0 saturated carbocycles. The van der Waals surface area contributed by atoms with Crippen molar-refractivity contribution >= 4 is 10.0 Å². The second kappa shape index (κ2) is 5.85. The Morgan fingerprint density at radius 2 is 1.64 bits per heavy atom. The van der Waals surface area contributed by atoms with Crippen molar-refractivity contribution in [3.8, 4) is 0 Å². The van der Waals surface area contributed by atoms with Gasteiger partial charge in [-0.05, 0) is 63.8 Å². The molecule has 0 aliphatic rings. The second-order valence-electron chi connectivity index (χ2n) is 5.79. The van der Waals surface area contributed by atoms with Crippen molar-refractivity contribution < 1.29 is 12.9 Å². The summed E-state index contributed by atoms with van der Waals surface area (Å²) in [5, 5.41) is 3.71. The highest BCUT2D eigenvalue weighted by Gasteiger charge is 2.26. The second-order valence-corrected chi connectivity index (χ2v) is 7.44. The number of sulfonamides is 1. The zero-order valence-corrected chi connectivity index (χ0v) is 14.6. The smallest absolute Gasteiger partial charge is 0.246 e. The third-order valence-electron chi connectivity index (χ3n) is 3.92. The molecule has 120 valence electrons. The van der Waals surface area contributed by atoms with Gasteiger partial charge in [0.05, 0.1) is 0 Å². The fourth-order valence-corrected chi connectivity index (χ4v) is 4.21. The summed E-state index contributed by atoms with van der Waals surface area (Å²) in [7, 11) is -3.67. The summed E-state index contributed by atoms with van der Waals surface area (Å²) >= 11 is 0. The Morgan fingerprint density at radius 3 is 2.18 bits per heavy atom. The molecule has 1 heterocycles. The number of hydrogen-bond acceptors (Lipinski definition) is 4. The zero-order chi connectivity index (χ0) is 16.7. The largest absolute Gasteiger partial charge is 0.360 e. The van der Waals surface area contributed by atoms with Gasteiger partial charge in [0.25, 0.3) is 0 Å². The van der Waals surface area contributed by atoms with Gasteiger partial charge < -0.3 is 4.52 Å². The molecular weight excluding hydrogens is 300 g/mol. The first-order valence-corrected chi connectivity index (χ1v) is 8.64. The van der Waals surface area contributed by atoms with Crippen LogP contribution in [0.4, 0.5) is 0 Å². The number of nitrogens with one attached hydrogen (secondary N) is 1. The predicted molar refractivity (Wildman–Crippen MR) is 85.4 cm³/mol. The normalized spacial score (nSPS) is 13.4. The number of rotatable bonds is 4. The topological polar surface area (TPSA) is 72.2 Å². The molecule has 0 unspecified atom stereocenters. The summed E-state index contributed by atoms with van der Waals surface area (Å²) in [6.45, 7) is 11.1. The standard InChI is InChI=1S/C16H22N2O3S/c1-9-7-11(3)15(8-10(9)2)12(4)18-22(19,20)16-13(5)17-21-14(16)6/h7-8,12,18H,1-6H3/t12-/m0/s1. The van der Waals surface area contributed by atoms with Crippen LogP contribution in [0, 0.1) is 34.6 Å². The Kier molecular flexibility index (Phi) is 4.44. The summed E-state index contributed by atoms with van der Waals surface area (Å²) < 4.78 is 32.8. The molecule has 0 aliphatic heterocycles. The molecule has 0 radical (unpaired) electrons. The molecule has 0 aliphatic carbocycles. The van der Waals surface area contributed by atoms with Gasteiger partial charge in [0.15, 0.2) is 5.76 Å². The molecule has 0 saturated heterocycles. The van der Waals surface area contributed by atoms with Crippen molar-refractivity contribution in [3.63, 3.8) is 0 Å². The van der Waals surface area contributed by atoms with Crippen molar-refractivity contribution in [1.82, 2.24) is 9.88 Å². The summed E-state index contributed by atoms with van der Waals surface area (Å²) in [4.78, 5) is 0.126. The minimum absolute atomic E-state index is 0.126. The summed E-state index contributed by atoms with van der Waals surface area (Å²) in [6.07, 6.45) is 0. The van der Waals surface area contributed by atoms with Crippen LogP contribution in [0.25, 0.3) is 0 Å². The molecule has 0 bridgehead atoms. The van der Waals surface area contributed by atoms with Gasteiger partial charge in [-0.25, -0.2) is 13.1 Å². The average molecular weight is 322 g/mol. The maximum absolute atomic E-state index is 12.6. The molecule has 1 atom stereocenters. The van der Waals surface area contributed by atoms with E-state index in [1.54, 1.807) is 13.8 Å². The van der Waals surface area contributed by atoms with Gasteiger partial charge in [-0.3, -0.25) is 0 Å². The van der Waals surface area contributed by atoms with Crippen molar-refractivity contribution in [1.29, 1.82) is 0 Å². The van der Waals surface area contributed by atoms with Crippen LogP contribution < -0.4 is 4.72 Å². The molecule has 1 aromatic carbocycles. The molecule has 0 spiro atoms. The van der Waals surface area contributed by atoms with Crippen LogP contribution in [0.3, 0.4) is 0 Å². The maximum Gasteiger partial charge on any atom is 0.246 e. The van der Waals surface area contributed by atoms with Crippen LogP contribution in [-0.4, -0.2) is 13.6 Å². The van der Waals surface area contributed by atoms with Crippen molar-refractivity contribution in [3.05, 3.63) is 45.8 Å². The first kappa shape index (κ1) is 16.7. The van der Waals surface area contributed by atoms with E-state index in [-0.39, 0.29) is 10.9 Å². The zero-order valence-electron chi connectivity index (χ0n) is 13.8. The molecular formula is C16H22N2O3S. The fourth-order valence-electron chi connectivity index (χ4n) is 2.66. The van der Waals surface area contributed by atoms with Crippen molar-refractivity contribution in [2.45, 2.75) is 52.5 Å². The van der Waals surface area contributed by atoms with Crippen LogP contribution >= 0.6 is 0 Å². The van der Waals surface area contributed by atoms with Gasteiger partial charge >= 0.3 is 0 Å².